The zero-order valence-electron chi connectivity index (χ0n) is 15.4. The molecule has 3 rings (SSSR count). The van der Waals surface area contributed by atoms with Crippen molar-refractivity contribution in [3.63, 3.8) is 0 Å². The zero-order chi connectivity index (χ0) is 17.8. The number of ether oxygens (including phenoxy) is 2. The normalized spacial score (nSPS) is 27.7. The maximum absolute atomic E-state index is 12.7. The fourth-order valence-electron chi connectivity index (χ4n) is 3.52. The molecule has 1 amide bonds. The van der Waals surface area contributed by atoms with Crippen LogP contribution < -0.4 is 0 Å². The molecule has 0 radical (unpaired) electrons. The van der Waals surface area contributed by atoms with Crippen LogP contribution in [-0.4, -0.2) is 53.5 Å². The first kappa shape index (κ1) is 18.3. The number of hydrogen-bond acceptors (Lipinski definition) is 6. The van der Waals surface area contributed by atoms with Gasteiger partial charge in [0.15, 0.2) is 0 Å². The Balaban J connectivity index is 1.60. The highest BCUT2D eigenvalue weighted by atomic mass is 16.5. The molecule has 3 atom stereocenters. The number of hydrogen-bond donors (Lipinski definition) is 0. The van der Waals surface area contributed by atoms with Crippen molar-refractivity contribution >= 4 is 5.91 Å². The van der Waals surface area contributed by atoms with Gasteiger partial charge in [-0.2, -0.15) is 0 Å². The van der Waals surface area contributed by atoms with Gasteiger partial charge in [0, 0.05) is 12.5 Å². The minimum absolute atomic E-state index is 0.0316. The van der Waals surface area contributed by atoms with Gasteiger partial charge in [0.25, 0.3) is 0 Å². The van der Waals surface area contributed by atoms with Crippen molar-refractivity contribution in [2.24, 2.45) is 5.92 Å². The molecule has 2 heterocycles. The van der Waals surface area contributed by atoms with Crippen LogP contribution >= 0.6 is 0 Å². The molecule has 0 bridgehead atoms. The average molecular weight is 351 g/mol. The minimum atomic E-state index is -0.324. The Morgan fingerprint density at radius 1 is 1.36 bits per heavy atom. The number of nitrogens with zero attached hydrogens (tertiary/aromatic N) is 3. The first-order valence-electron chi connectivity index (χ1n) is 9.36. The second kappa shape index (κ2) is 8.27. The van der Waals surface area contributed by atoms with Gasteiger partial charge in [-0.3, -0.25) is 4.79 Å². The predicted octanol–water partition coefficient (Wildman–Crippen LogP) is 2.69. The second-order valence-corrected chi connectivity index (χ2v) is 7.52. The number of morpholine rings is 1. The molecular formula is C18H29N3O4. The third kappa shape index (κ3) is 4.58. The van der Waals surface area contributed by atoms with Gasteiger partial charge in [-0.25, -0.2) is 0 Å². The fourth-order valence-corrected chi connectivity index (χ4v) is 3.52. The van der Waals surface area contributed by atoms with E-state index in [4.69, 9.17) is 13.9 Å². The summed E-state index contributed by atoms with van der Waals surface area (Å²) in [6.07, 6.45) is 4.73. The van der Waals surface area contributed by atoms with E-state index in [1.54, 1.807) is 4.90 Å². The van der Waals surface area contributed by atoms with Gasteiger partial charge < -0.3 is 18.8 Å². The lowest BCUT2D eigenvalue weighted by molar-refractivity contribution is -0.149. The molecule has 0 N–H and O–H groups in total. The van der Waals surface area contributed by atoms with Crippen molar-refractivity contribution in [2.45, 2.75) is 64.5 Å². The third-order valence-corrected chi connectivity index (χ3v) is 5.01. The predicted molar refractivity (Wildman–Crippen MR) is 91.0 cm³/mol. The van der Waals surface area contributed by atoms with Gasteiger partial charge in [0.2, 0.25) is 17.7 Å². The van der Waals surface area contributed by atoms with Gasteiger partial charge in [0.05, 0.1) is 19.3 Å². The minimum Gasteiger partial charge on any atom is -0.423 e. The van der Waals surface area contributed by atoms with Crippen molar-refractivity contribution in [1.82, 2.24) is 15.1 Å². The summed E-state index contributed by atoms with van der Waals surface area (Å²) in [4.78, 5) is 14.5. The first-order chi connectivity index (χ1) is 12.0. The molecule has 2 fully saturated rings. The topological polar surface area (TPSA) is 77.7 Å². The molecular weight excluding hydrogens is 322 g/mol. The summed E-state index contributed by atoms with van der Waals surface area (Å²) in [7, 11) is 0. The van der Waals surface area contributed by atoms with E-state index in [0.29, 0.717) is 37.5 Å². The summed E-state index contributed by atoms with van der Waals surface area (Å²) in [6, 6.07) is -0.324. The number of aromatic nitrogens is 2. The van der Waals surface area contributed by atoms with Gasteiger partial charge in [-0.15, -0.1) is 10.2 Å². The SMILES string of the molecule is CC(C)c1nnc([C@H]2COCCN2C(=O)CO[C@H]2CCC[C@@H](C)C2)o1. The zero-order valence-corrected chi connectivity index (χ0v) is 15.4. The van der Waals surface area contributed by atoms with Crippen LogP contribution in [0.15, 0.2) is 4.42 Å². The van der Waals surface area contributed by atoms with Crippen LogP contribution in [0.3, 0.4) is 0 Å². The van der Waals surface area contributed by atoms with E-state index in [-0.39, 0.29) is 30.6 Å². The summed E-state index contributed by atoms with van der Waals surface area (Å²) >= 11 is 0. The van der Waals surface area contributed by atoms with Crippen molar-refractivity contribution in [2.75, 3.05) is 26.4 Å². The van der Waals surface area contributed by atoms with Gasteiger partial charge in [-0.05, 0) is 18.8 Å². The van der Waals surface area contributed by atoms with Gasteiger partial charge in [-0.1, -0.05) is 33.6 Å². The molecule has 2 aliphatic rings. The summed E-state index contributed by atoms with van der Waals surface area (Å²) in [5.74, 6) is 1.84. The summed E-state index contributed by atoms with van der Waals surface area (Å²) in [5, 5.41) is 8.19. The van der Waals surface area contributed by atoms with Crippen LogP contribution in [0, 0.1) is 5.92 Å². The van der Waals surface area contributed by atoms with E-state index in [1.807, 2.05) is 13.8 Å². The highest BCUT2D eigenvalue weighted by molar-refractivity contribution is 5.78. The monoisotopic (exact) mass is 351 g/mol. The Morgan fingerprint density at radius 3 is 2.92 bits per heavy atom. The highest BCUT2D eigenvalue weighted by Crippen LogP contribution is 2.27. The van der Waals surface area contributed by atoms with Crippen LogP contribution in [0.2, 0.25) is 0 Å². The average Bonchev–Trinajstić information content (AvgIpc) is 3.10. The second-order valence-electron chi connectivity index (χ2n) is 7.52. The largest absolute Gasteiger partial charge is 0.423 e. The quantitative estimate of drug-likeness (QED) is 0.812. The Bertz CT molecular complexity index is 574. The molecule has 7 nitrogen and oxygen atoms in total. The van der Waals surface area contributed by atoms with E-state index in [2.05, 4.69) is 17.1 Å². The molecule has 140 valence electrons. The number of carbonyl (C=O) groups is 1. The van der Waals surface area contributed by atoms with E-state index >= 15 is 0 Å². The Hall–Kier alpha value is -1.47. The lowest BCUT2D eigenvalue weighted by Gasteiger charge is -2.34. The molecule has 7 heteroatoms. The Kier molecular flexibility index (Phi) is 6.06. The molecule has 1 aliphatic heterocycles. The van der Waals surface area contributed by atoms with Crippen LogP contribution in [0.5, 0.6) is 0 Å². The lowest BCUT2D eigenvalue weighted by Crippen LogP contribution is -2.45. The smallest absolute Gasteiger partial charge is 0.249 e. The maximum atomic E-state index is 12.7. The van der Waals surface area contributed by atoms with Crippen LogP contribution in [-0.2, 0) is 14.3 Å². The van der Waals surface area contributed by atoms with E-state index < -0.39 is 0 Å². The van der Waals surface area contributed by atoms with Crippen molar-refractivity contribution in [1.29, 1.82) is 0 Å². The lowest BCUT2D eigenvalue weighted by atomic mass is 9.89. The van der Waals surface area contributed by atoms with Crippen LogP contribution in [0.25, 0.3) is 0 Å². The summed E-state index contributed by atoms with van der Waals surface area (Å²) < 4.78 is 17.2. The van der Waals surface area contributed by atoms with Crippen LogP contribution in [0.4, 0.5) is 0 Å². The van der Waals surface area contributed by atoms with Crippen molar-refractivity contribution in [3.05, 3.63) is 11.8 Å². The van der Waals surface area contributed by atoms with Crippen molar-refractivity contribution < 1.29 is 18.7 Å². The highest BCUT2D eigenvalue weighted by Gasteiger charge is 2.33. The molecule has 1 aromatic rings. The molecule has 1 aliphatic carbocycles. The molecule has 0 spiro atoms. The fraction of sp³-hybridized carbons (Fsp3) is 0.833. The number of amides is 1. The molecule has 1 aromatic heterocycles. The number of rotatable bonds is 5. The molecule has 1 saturated carbocycles. The van der Waals surface area contributed by atoms with E-state index in [0.717, 1.165) is 12.8 Å². The Morgan fingerprint density at radius 2 is 2.20 bits per heavy atom. The standard InChI is InChI=1S/C18H29N3O4/c1-12(2)17-19-20-18(25-17)15-10-23-8-7-21(15)16(22)11-24-14-6-4-5-13(3)9-14/h12-15H,4-11H2,1-3H3/t13-,14+,15-/m1/s1. The first-order valence-corrected chi connectivity index (χ1v) is 9.36. The summed E-state index contributed by atoms with van der Waals surface area (Å²) in [5.41, 5.74) is 0. The molecule has 1 saturated heterocycles. The number of carbonyl (C=O) groups excluding carboxylic acids is 1. The third-order valence-electron chi connectivity index (χ3n) is 5.01. The van der Waals surface area contributed by atoms with Gasteiger partial charge in [0.1, 0.15) is 12.6 Å². The van der Waals surface area contributed by atoms with E-state index in [9.17, 15) is 4.79 Å². The van der Waals surface area contributed by atoms with Crippen LogP contribution in [0.1, 0.15) is 70.2 Å². The molecule has 0 aromatic carbocycles. The molecule has 0 unspecified atom stereocenters. The maximum Gasteiger partial charge on any atom is 0.249 e. The van der Waals surface area contributed by atoms with Gasteiger partial charge >= 0.3 is 0 Å². The summed E-state index contributed by atoms with van der Waals surface area (Å²) in [6.45, 7) is 7.77. The van der Waals surface area contributed by atoms with Crippen molar-refractivity contribution in [3.8, 4) is 0 Å². The van der Waals surface area contributed by atoms with E-state index in [1.165, 1.54) is 12.8 Å². The Labute approximate surface area is 149 Å². The molecule has 25 heavy (non-hydrogen) atoms.